The fourth-order valence-corrected chi connectivity index (χ4v) is 2.91. The molecule has 0 bridgehead atoms. The van der Waals surface area contributed by atoms with Gasteiger partial charge in [0.2, 0.25) is 5.95 Å². The van der Waals surface area contributed by atoms with E-state index in [0.717, 1.165) is 12.8 Å². The summed E-state index contributed by atoms with van der Waals surface area (Å²) in [5.74, 6) is 0.630. The maximum absolute atomic E-state index is 10.2. The Balaban J connectivity index is 1.72. The lowest BCUT2D eigenvalue weighted by molar-refractivity contribution is -0.122. The number of aliphatic hydroxyl groups excluding tert-OH is 2. The Bertz CT molecular complexity index is 860. The highest BCUT2D eigenvalue weighted by atomic mass is 16.6. The summed E-state index contributed by atoms with van der Waals surface area (Å²) >= 11 is 0. The molecule has 12 nitrogen and oxygen atoms in total. The number of anilines is 2. The molecular formula is C13H17N9O3. The Morgan fingerprint density at radius 1 is 1.52 bits per heavy atom. The van der Waals surface area contributed by atoms with E-state index >= 15 is 0 Å². The number of fused-ring (bicyclic) bond motifs is 1. The van der Waals surface area contributed by atoms with E-state index in [1.54, 1.807) is 4.57 Å². The number of rotatable bonds is 5. The van der Waals surface area contributed by atoms with Gasteiger partial charge in [-0.25, -0.2) is 4.98 Å². The van der Waals surface area contributed by atoms with Gasteiger partial charge in [-0.1, -0.05) is 5.11 Å². The average molecular weight is 347 g/mol. The van der Waals surface area contributed by atoms with Crippen molar-refractivity contribution >= 4 is 22.9 Å². The predicted octanol–water partition coefficient (Wildman–Crippen LogP) is 0.261. The number of aliphatic hydroxyl groups is 2. The number of azide groups is 1. The quantitative estimate of drug-likeness (QED) is 0.337. The molecule has 0 amide bonds. The molecule has 1 aliphatic heterocycles. The molecule has 2 aromatic heterocycles. The van der Waals surface area contributed by atoms with Crippen LogP contribution in [0.15, 0.2) is 11.4 Å². The molecule has 3 heterocycles. The van der Waals surface area contributed by atoms with E-state index in [1.807, 2.05) is 0 Å². The largest absolute Gasteiger partial charge is 0.393 e. The molecule has 1 saturated heterocycles. The van der Waals surface area contributed by atoms with E-state index in [0.29, 0.717) is 23.0 Å². The highest BCUT2D eigenvalue weighted by Gasteiger charge is 2.48. The van der Waals surface area contributed by atoms with Gasteiger partial charge in [-0.2, -0.15) is 9.97 Å². The molecule has 0 radical (unpaired) electrons. The molecule has 0 unspecified atom stereocenters. The smallest absolute Gasteiger partial charge is 0.224 e. The monoisotopic (exact) mass is 347 g/mol. The Kier molecular flexibility index (Phi) is 3.62. The molecule has 1 saturated carbocycles. The van der Waals surface area contributed by atoms with E-state index in [9.17, 15) is 10.2 Å². The van der Waals surface area contributed by atoms with E-state index in [1.165, 1.54) is 6.33 Å². The highest BCUT2D eigenvalue weighted by Crippen LogP contribution is 2.39. The second kappa shape index (κ2) is 5.70. The number of imidazole rings is 1. The number of aromatic nitrogens is 4. The lowest BCUT2D eigenvalue weighted by Crippen LogP contribution is -2.40. The number of hydrogen-bond acceptors (Lipinski definition) is 9. The average Bonchev–Trinajstić information content (AvgIpc) is 3.20. The summed E-state index contributed by atoms with van der Waals surface area (Å²) in [5, 5.41) is 26.4. The summed E-state index contributed by atoms with van der Waals surface area (Å²) < 4.78 is 7.24. The van der Waals surface area contributed by atoms with Crippen molar-refractivity contribution in [2.75, 3.05) is 17.7 Å². The maximum atomic E-state index is 10.2. The highest BCUT2D eigenvalue weighted by molar-refractivity contribution is 5.84. The third kappa shape index (κ3) is 2.61. The first-order valence-corrected chi connectivity index (χ1v) is 7.86. The van der Waals surface area contributed by atoms with Crippen LogP contribution in [0, 0.1) is 0 Å². The van der Waals surface area contributed by atoms with Crippen molar-refractivity contribution in [1.29, 1.82) is 0 Å². The number of nitrogens with one attached hydrogen (secondary N) is 1. The minimum atomic E-state index is -1.73. The van der Waals surface area contributed by atoms with E-state index < -0.39 is 24.7 Å². The lowest BCUT2D eigenvalue weighted by Gasteiger charge is -2.24. The van der Waals surface area contributed by atoms with Crippen molar-refractivity contribution in [3.8, 4) is 0 Å². The topological polar surface area (TPSA) is 180 Å². The third-order valence-electron chi connectivity index (χ3n) is 4.39. The van der Waals surface area contributed by atoms with Crippen molar-refractivity contribution in [2.24, 2.45) is 5.11 Å². The standard InChI is InChI=1S/C13H17N9O3/c14-12-18-10(17-6-1-2-6)9-11(19-12)22(5-16-9)8-3-7(24)13(4-23,25-8)20-21-15/h5-8,23-24H,1-4H2,(H3,14,17,18,19)/t7-,8+,13+/m0/s1. The van der Waals surface area contributed by atoms with Gasteiger partial charge in [0.05, 0.1) is 19.0 Å². The van der Waals surface area contributed by atoms with Crippen LogP contribution >= 0.6 is 0 Å². The third-order valence-corrected chi connectivity index (χ3v) is 4.39. The van der Waals surface area contributed by atoms with Gasteiger partial charge in [0.25, 0.3) is 0 Å². The second-order valence-corrected chi connectivity index (χ2v) is 6.19. The van der Waals surface area contributed by atoms with Gasteiger partial charge in [-0.15, -0.1) is 0 Å². The van der Waals surface area contributed by atoms with Crippen molar-refractivity contribution < 1.29 is 14.9 Å². The van der Waals surface area contributed by atoms with Crippen molar-refractivity contribution in [2.45, 2.75) is 43.4 Å². The summed E-state index contributed by atoms with van der Waals surface area (Å²) in [7, 11) is 0. The van der Waals surface area contributed by atoms with E-state index in [-0.39, 0.29) is 12.4 Å². The number of hydrogen-bond donors (Lipinski definition) is 4. The second-order valence-electron chi connectivity index (χ2n) is 6.19. The number of nitrogens with two attached hydrogens (primary N) is 1. The Morgan fingerprint density at radius 3 is 3.00 bits per heavy atom. The molecule has 12 heteroatoms. The van der Waals surface area contributed by atoms with Crippen LogP contribution in [0.25, 0.3) is 21.6 Å². The minimum absolute atomic E-state index is 0.0828. The van der Waals surface area contributed by atoms with Crippen LogP contribution in [0.3, 0.4) is 0 Å². The summed E-state index contributed by atoms with van der Waals surface area (Å²) in [6.07, 6.45) is 1.84. The molecule has 2 fully saturated rings. The molecule has 3 atom stereocenters. The Hall–Kier alpha value is -2.66. The van der Waals surface area contributed by atoms with Crippen LogP contribution in [-0.2, 0) is 4.74 Å². The molecule has 25 heavy (non-hydrogen) atoms. The summed E-state index contributed by atoms with van der Waals surface area (Å²) in [5.41, 5.74) is 13.7. The van der Waals surface area contributed by atoms with Gasteiger partial charge < -0.3 is 26.0 Å². The predicted molar refractivity (Wildman–Crippen MR) is 86.1 cm³/mol. The number of nitrogen functional groups attached to an aromatic ring is 1. The summed E-state index contributed by atoms with van der Waals surface area (Å²) in [6.45, 7) is -0.646. The van der Waals surface area contributed by atoms with Gasteiger partial charge in [-0.05, 0) is 18.4 Å². The fraction of sp³-hybridized carbons (Fsp3) is 0.615. The molecular weight excluding hydrogens is 330 g/mol. The lowest BCUT2D eigenvalue weighted by atomic mass is 10.1. The maximum Gasteiger partial charge on any atom is 0.224 e. The van der Waals surface area contributed by atoms with E-state index in [2.05, 4.69) is 30.3 Å². The number of nitrogens with zero attached hydrogens (tertiary/aromatic N) is 7. The van der Waals surface area contributed by atoms with E-state index in [4.69, 9.17) is 16.0 Å². The molecule has 0 spiro atoms. The van der Waals surface area contributed by atoms with Gasteiger partial charge in [0.15, 0.2) is 22.7 Å². The Morgan fingerprint density at radius 2 is 2.32 bits per heavy atom. The molecule has 2 aliphatic rings. The molecule has 1 aliphatic carbocycles. The van der Waals surface area contributed by atoms with Gasteiger partial charge in [0.1, 0.15) is 6.23 Å². The van der Waals surface area contributed by atoms with Gasteiger partial charge in [0, 0.05) is 17.4 Å². The molecule has 132 valence electrons. The molecule has 4 rings (SSSR count). The zero-order chi connectivity index (χ0) is 17.6. The van der Waals surface area contributed by atoms with Gasteiger partial charge >= 0.3 is 0 Å². The fourth-order valence-electron chi connectivity index (χ4n) is 2.91. The Labute approximate surface area is 141 Å². The first kappa shape index (κ1) is 15.8. The molecule has 0 aromatic carbocycles. The van der Waals surface area contributed by atoms with Crippen LogP contribution in [0.4, 0.5) is 11.8 Å². The SMILES string of the molecule is [N-]=[N+]=N[C@]1(CO)O[C@@H](n2cnc3c(NC4CC4)nc(N)nc32)C[C@@H]1O. The van der Waals surface area contributed by atoms with Crippen LogP contribution in [-0.4, -0.2) is 54.2 Å². The summed E-state index contributed by atoms with van der Waals surface area (Å²) in [6, 6.07) is 0.360. The van der Waals surface area contributed by atoms with Crippen molar-refractivity contribution in [1.82, 2.24) is 19.5 Å². The first-order valence-electron chi connectivity index (χ1n) is 7.86. The van der Waals surface area contributed by atoms with Crippen molar-refractivity contribution in [3.05, 3.63) is 16.8 Å². The normalized spacial score (nSPS) is 28.9. The van der Waals surface area contributed by atoms with Crippen LogP contribution in [0.1, 0.15) is 25.5 Å². The zero-order valence-corrected chi connectivity index (χ0v) is 13.1. The van der Waals surface area contributed by atoms with Crippen LogP contribution in [0.2, 0.25) is 0 Å². The minimum Gasteiger partial charge on any atom is -0.393 e. The number of ether oxygens (including phenoxy) is 1. The van der Waals surface area contributed by atoms with Gasteiger partial charge in [-0.3, -0.25) is 4.57 Å². The van der Waals surface area contributed by atoms with Crippen LogP contribution in [0.5, 0.6) is 0 Å². The first-order chi connectivity index (χ1) is 12.1. The summed E-state index contributed by atoms with van der Waals surface area (Å²) in [4.78, 5) is 15.4. The molecule has 5 N–H and O–H groups in total. The van der Waals surface area contributed by atoms with Crippen molar-refractivity contribution in [3.63, 3.8) is 0 Å². The van der Waals surface area contributed by atoms with Crippen LogP contribution < -0.4 is 11.1 Å². The molecule has 2 aromatic rings. The zero-order valence-electron chi connectivity index (χ0n) is 13.1.